The molecule has 0 bridgehead atoms. The van der Waals surface area contributed by atoms with Crippen LogP contribution in [0.25, 0.3) is 17.3 Å². The molecule has 1 aromatic carbocycles. The number of nitrogens with zero attached hydrogens (tertiary/aromatic N) is 5. The molecule has 3 heterocycles. The number of amides is 1. The van der Waals surface area contributed by atoms with Crippen LogP contribution in [0.5, 0.6) is 0 Å². The molecule has 0 saturated heterocycles. The second-order valence-electron chi connectivity index (χ2n) is 7.73. The van der Waals surface area contributed by atoms with Gasteiger partial charge in [-0.3, -0.25) is 9.36 Å². The van der Waals surface area contributed by atoms with Gasteiger partial charge in [0.2, 0.25) is 0 Å². The van der Waals surface area contributed by atoms with Crippen molar-refractivity contribution in [3.05, 3.63) is 78.3 Å². The molecular formula is C24H26N6O2. The molecule has 3 aromatic heterocycles. The maximum absolute atomic E-state index is 12.6. The van der Waals surface area contributed by atoms with Crippen molar-refractivity contribution in [2.45, 2.75) is 45.6 Å². The largest absolute Gasteiger partial charge is 0.348 e. The van der Waals surface area contributed by atoms with Crippen molar-refractivity contribution in [1.82, 2.24) is 30.0 Å². The predicted molar refractivity (Wildman–Crippen MR) is 120 cm³/mol. The van der Waals surface area contributed by atoms with E-state index in [2.05, 4.69) is 44.5 Å². The maximum Gasteiger partial charge on any atom is 0.271 e. The molecule has 4 aromatic rings. The number of aryl methyl sites for hydroxylation is 2. The van der Waals surface area contributed by atoms with Crippen molar-refractivity contribution < 1.29 is 9.32 Å². The Hall–Kier alpha value is -3.81. The Balaban J connectivity index is 1.40. The summed E-state index contributed by atoms with van der Waals surface area (Å²) in [7, 11) is 0. The minimum Gasteiger partial charge on any atom is -0.348 e. The smallest absolute Gasteiger partial charge is 0.271 e. The molecule has 0 radical (unpaired) electrons. The van der Waals surface area contributed by atoms with E-state index in [9.17, 15) is 4.79 Å². The van der Waals surface area contributed by atoms with Gasteiger partial charge in [0.1, 0.15) is 17.8 Å². The third-order valence-electron chi connectivity index (χ3n) is 5.10. The fourth-order valence-electron chi connectivity index (χ4n) is 3.35. The summed E-state index contributed by atoms with van der Waals surface area (Å²) < 4.78 is 7.06. The molecule has 1 amide bonds. The van der Waals surface area contributed by atoms with E-state index in [1.807, 2.05) is 37.3 Å². The molecule has 8 nitrogen and oxygen atoms in total. The van der Waals surface area contributed by atoms with Crippen LogP contribution in [-0.2, 0) is 12.8 Å². The first-order chi connectivity index (χ1) is 15.6. The van der Waals surface area contributed by atoms with Crippen LogP contribution in [0.3, 0.4) is 0 Å². The zero-order valence-corrected chi connectivity index (χ0v) is 18.2. The number of hydrogen-bond donors (Lipinski definition) is 1. The van der Waals surface area contributed by atoms with Gasteiger partial charge in [0.25, 0.3) is 11.8 Å². The van der Waals surface area contributed by atoms with Crippen molar-refractivity contribution in [3.63, 3.8) is 0 Å². The summed E-state index contributed by atoms with van der Waals surface area (Å²) in [6.45, 7) is 4.07. The monoisotopic (exact) mass is 430 g/mol. The van der Waals surface area contributed by atoms with Crippen LogP contribution in [0.15, 0.2) is 65.7 Å². The summed E-state index contributed by atoms with van der Waals surface area (Å²) in [5.74, 6) is 1.54. The van der Waals surface area contributed by atoms with Crippen LogP contribution < -0.4 is 5.32 Å². The van der Waals surface area contributed by atoms with Crippen LogP contribution in [0, 0.1) is 0 Å². The lowest BCUT2D eigenvalue weighted by atomic mass is 10.1. The third-order valence-corrected chi connectivity index (χ3v) is 5.10. The molecule has 0 saturated carbocycles. The van der Waals surface area contributed by atoms with E-state index in [0.29, 0.717) is 23.2 Å². The van der Waals surface area contributed by atoms with Gasteiger partial charge < -0.3 is 9.84 Å². The van der Waals surface area contributed by atoms with Crippen molar-refractivity contribution in [2.75, 3.05) is 0 Å². The molecule has 0 unspecified atom stereocenters. The predicted octanol–water partition coefficient (Wildman–Crippen LogP) is 4.02. The van der Waals surface area contributed by atoms with Gasteiger partial charge in [-0.25, -0.2) is 9.97 Å². The SMILES string of the molecule is CCCc1noc(-c2ccnc(-n3cnc(C(=O)N[C@@H](C)CCc4ccccc4)c3)c2)n1. The van der Waals surface area contributed by atoms with E-state index >= 15 is 0 Å². The van der Waals surface area contributed by atoms with Gasteiger partial charge in [0.15, 0.2) is 5.82 Å². The quantitative estimate of drug-likeness (QED) is 0.431. The molecule has 32 heavy (non-hydrogen) atoms. The molecular weight excluding hydrogens is 404 g/mol. The zero-order chi connectivity index (χ0) is 22.3. The van der Waals surface area contributed by atoms with Crippen molar-refractivity contribution >= 4 is 5.91 Å². The summed E-state index contributed by atoms with van der Waals surface area (Å²) in [6.07, 6.45) is 8.39. The lowest BCUT2D eigenvalue weighted by molar-refractivity contribution is 0.0934. The van der Waals surface area contributed by atoms with Gasteiger partial charge in [-0.15, -0.1) is 0 Å². The van der Waals surface area contributed by atoms with Crippen LogP contribution in [0.2, 0.25) is 0 Å². The normalized spacial score (nSPS) is 11.9. The van der Waals surface area contributed by atoms with E-state index in [4.69, 9.17) is 4.52 Å². The Labute approximate surface area is 186 Å². The molecule has 0 aliphatic carbocycles. The van der Waals surface area contributed by atoms with Crippen LogP contribution >= 0.6 is 0 Å². The number of carbonyl (C=O) groups is 1. The average molecular weight is 431 g/mol. The minimum absolute atomic E-state index is 0.0316. The minimum atomic E-state index is -0.207. The Morgan fingerprint density at radius 2 is 2.00 bits per heavy atom. The second kappa shape index (κ2) is 10.00. The Morgan fingerprint density at radius 3 is 2.81 bits per heavy atom. The summed E-state index contributed by atoms with van der Waals surface area (Å²) >= 11 is 0. The number of nitrogens with one attached hydrogen (secondary N) is 1. The Bertz CT molecular complexity index is 1170. The Kier molecular flexibility index (Phi) is 6.69. The fraction of sp³-hybridized carbons (Fsp3) is 0.292. The number of pyridine rings is 1. The van der Waals surface area contributed by atoms with Gasteiger partial charge in [0, 0.05) is 30.4 Å². The van der Waals surface area contributed by atoms with E-state index in [1.54, 1.807) is 23.3 Å². The average Bonchev–Trinajstić information content (AvgIpc) is 3.49. The first kappa shape index (κ1) is 21.4. The number of imidazole rings is 1. The Morgan fingerprint density at radius 1 is 1.16 bits per heavy atom. The van der Waals surface area contributed by atoms with Crippen molar-refractivity contribution in [2.24, 2.45) is 0 Å². The van der Waals surface area contributed by atoms with Gasteiger partial charge in [0.05, 0.1) is 0 Å². The molecule has 1 atom stereocenters. The van der Waals surface area contributed by atoms with E-state index in [1.165, 1.54) is 5.56 Å². The lowest BCUT2D eigenvalue weighted by Crippen LogP contribution is -2.33. The zero-order valence-electron chi connectivity index (χ0n) is 18.2. The third kappa shape index (κ3) is 5.26. The van der Waals surface area contributed by atoms with Gasteiger partial charge in [-0.2, -0.15) is 4.98 Å². The summed E-state index contributed by atoms with van der Waals surface area (Å²) in [4.78, 5) is 25.7. The highest BCUT2D eigenvalue weighted by Crippen LogP contribution is 2.19. The summed E-state index contributed by atoms with van der Waals surface area (Å²) in [5, 5.41) is 7.01. The molecule has 0 spiro atoms. The molecule has 1 N–H and O–H groups in total. The van der Waals surface area contributed by atoms with E-state index in [-0.39, 0.29) is 11.9 Å². The molecule has 0 aliphatic rings. The molecule has 0 fully saturated rings. The number of aromatic nitrogens is 5. The number of carbonyl (C=O) groups excluding carboxylic acids is 1. The van der Waals surface area contributed by atoms with Gasteiger partial charge in [-0.05, 0) is 43.9 Å². The highest BCUT2D eigenvalue weighted by Gasteiger charge is 2.15. The number of rotatable bonds is 9. The molecule has 4 rings (SSSR count). The molecule has 164 valence electrons. The second-order valence-corrected chi connectivity index (χ2v) is 7.73. The van der Waals surface area contributed by atoms with Gasteiger partial charge in [-0.1, -0.05) is 42.4 Å². The first-order valence-corrected chi connectivity index (χ1v) is 10.8. The summed E-state index contributed by atoms with van der Waals surface area (Å²) in [6, 6.07) is 13.9. The van der Waals surface area contributed by atoms with Crippen LogP contribution in [0.4, 0.5) is 0 Å². The van der Waals surface area contributed by atoms with Crippen LogP contribution in [-0.4, -0.2) is 36.6 Å². The maximum atomic E-state index is 12.6. The lowest BCUT2D eigenvalue weighted by Gasteiger charge is -2.12. The summed E-state index contributed by atoms with van der Waals surface area (Å²) in [5.41, 5.74) is 2.36. The van der Waals surface area contributed by atoms with E-state index in [0.717, 1.165) is 31.2 Å². The van der Waals surface area contributed by atoms with E-state index < -0.39 is 0 Å². The van der Waals surface area contributed by atoms with Gasteiger partial charge >= 0.3 is 0 Å². The standard InChI is InChI=1S/C24H26N6O2/c1-3-7-21-28-24(32-29-21)19-12-13-25-22(14-19)30-15-20(26-16-30)23(31)27-17(2)10-11-18-8-5-4-6-9-18/h4-6,8-9,12-17H,3,7,10-11H2,1-2H3,(H,27,31)/t17-/m0/s1. The number of hydrogen-bond acceptors (Lipinski definition) is 6. The highest BCUT2D eigenvalue weighted by atomic mass is 16.5. The van der Waals surface area contributed by atoms with Crippen molar-refractivity contribution in [1.29, 1.82) is 0 Å². The number of benzene rings is 1. The topological polar surface area (TPSA) is 98.7 Å². The molecule has 0 aliphatic heterocycles. The van der Waals surface area contributed by atoms with Crippen LogP contribution in [0.1, 0.15) is 48.6 Å². The molecule has 8 heteroatoms. The van der Waals surface area contributed by atoms with Crippen molar-refractivity contribution in [3.8, 4) is 17.3 Å². The fourth-order valence-corrected chi connectivity index (χ4v) is 3.35. The first-order valence-electron chi connectivity index (χ1n) is 10.8. The highest BCUT2D eigenvalue weighted by molar-refractivity contribution is 5.92.